The van der Waals surface area contributed by atoms with E-state index in [1.54, 1.807) is 30.3 Å². The first-order chi connectivity index (χ1) is 8.08. The van der Waals surface area contributed by atoms with E-state index in [9.17, 15) is 4.79 Å². The van der Waals surface area contributed by atoms with Crippen molar-refractivity contribution >= 4 is 29.2 Å². The first-order valence-corrected chi connectivity index (χ1v) is 5.49. The number of carboxylic acid groups (broad SMARTS) is 1. The molecular formula is C12H7Cl2NO2. The number of halogens is 2. The predicted octanol–water partition coefficient (Wildman–Crippen LogP) is 3.75. The molecule has 0 bridgehead atoms. The molecule has 3 nitrogen and oxygen atoms in total. The van der Waals surface area contributed by atoms with Gasteiger partial charge in [-0.3, -0.25) is 0 Å². The van der Waals surface area contributed by atoms with E-state index in [0.717, 1.165) is 5.56 Å². The minimum atomic E-state index is -1.15. The Morgan fingerprint density at radius 1 is 1.18 bits per heavy atom. The smallest absolute Gasteiger partial charge is 0.356 e. The van der Waals surface area contributed by atoms with Crippen LogP contribution in [0.4, 0.5) is 0 Å². The summed E-state index contributed by atoms with van der Waals surface area (Å²) in [7, 11) is 0. The van der Waals surface area contributed by atoms with E-state index < -0.39 is 5.97 Å². The second-order valence-electron chi connectivity index (χ2n) is 3.34. The Hall–Kier alpha value is -1.58. The number of hydrogen-bond donors (Lipinski definition) is 1. The number of aromatic carboxylic acids is 1. The summed E-state index contributed by atoms with van der Waals surface area (Å²) in [5, 5.41) is 9.60. The fourth-order valence-electron chi connectivity index (χ4n) is 1.40. The van der Waals surface area contributed by atoms with Gasteiger partial charge in [-0.25, -0.2) is 9.78 Å². The molecule has 0 aliphatic heterocycles. The van der Waals surface area contributed by atoms with Gasteiger partial charge in [-0.15, -0.1) is 0 Å². The van der Waals surface area contributed by atoms with Crippen LogP contribution in [0.25, 0.3) is 11.3 Å². The summed E-state index contributed by atoms with van der Waals surface area (Å²) < 4.78 is 0. The number of carbonyl (C=O) groups is 1. The molecule has 0 fully saturated rings. The zero-order chi connectivity index (χ0) is 12.4. The number of aromatic nitrogens is 1. The molecule has 0 aliphatic rings. The Bertz CT molecular complexity index is 584. The van der Waals surface area contributed by atoms with Crippen LogP contribution in [0.15, 0.2) is 36.4 Å². The van der Waals surface area contributed by atoms with Crippen molar-refractivity contribution in [2.45, 2.75) is 0 Å². The van der Waals surface area contributed by atoms with Gasteiger partial charge in [0.05, 0.1) is 10.7 Å². The van der Waals surface area contributed by atoms with Crippen LogP contribution >= 0.6 is 23.2 Å². The van der Waals surface area contributed by atoms with Crippen LogP contribution in [0.3, 0.4) is 0 Å². The molecule has 1 N–H and O–H groups in total. The van der Waals surface area contributed by atoms with Crippen molar-refractivity contribution in [2.75, 3.05) is 0 Å². The Morgan fingerprint density at radius 3 is 2.59 bits per heavy atom. The molecule has 2 aromatic rings. The molecular weight excluding hydrogens is 261 g/mol. The van der Waals surface area contributed by atoms with E-state index in [4.69, 9.17) is 28.3 Å². The zero-order valence-corrected chi connectivity index (χ0v) is 10.0. The number of carboxylic acids is 1. The standard InChI is InChI=1S/C12H7Cl2NO2/c13-8-3-1-2-7(6-8)10-5-4-9(14)11(15-10)12(16)17/h1-6H,(H,16,17). The molecule has 17 heavy (non-hydrogen) atoms. The van der Waals surface area contributed by atoms with Crippen molar-refractivity contribution in [2.24, 2.45) is 0 Å². The summed E-state index contributed by atoms with van der Waals surface area (Å²) in [5.74, 6) is -1.15. The zero-order valence-electron chi connectivity index (χ0n) is 8.52. The fraction of sp³-hybridized carbons (Fsp3) is 0. The van der Waals surface area contributed by atoms with Crippen molar-refractivity contribution in [1.29, 1.82) is 0 Å². The van der Waals surface area contributed by atoms with Crippen LogP contribution in [-0.4, -0.2) is 16.1 Å². The number of hydrogen-bond acceptors (Lipinski definition) is 2. The highest BCUT2D eigenvalue weighted by atomic mass is 35.5. The average molecular weight is 268 g/mol. The number of nitrogens with zero attached hydrogens (tertiary/aromatic N) is 1. The summed E-state index contributed by atoms with van der Waals surface area (Å²) >= 11 is 11.6. The van der Waals surface area contributed by atoms with Gasteiger partial charge in [0.15, 0.2) is 5.69 Å². The van der Waals surface area contributed by atoms with E-state index in [2.05, 4.69) is 4.98 Å². The lowest BCUT2D eigenvalue weighted by Crippen LogP contribution is -2.02. The molecule has 0 aliphatic carbocycles. The number of benzene rings is 1. The highest BCUT2D eigenvalue weighted by molar-refractivity contribution is 6.33. The highest BCUT2D eigenvalue weighted by Gasteiger charge is 2.12. The molecule has 0 radical (unpaired) electrons. The molecule has 0 saturated carbocycles. The van der Waals surface area contributed by atoms with Crippen LogP contribution in [0, 0.1) is 0 Å². The SMILES string of the molecule is O=C(O)c1nc(-c2cccc(Cl)c2)ccc1Cl. The van der Waals surface area contributed by atoms with E-state index in [1.165, 1.54) is 6.07 Å². The molecule has 0 unspecified atom stereocenters. The molecule has 0 amide bonds. The second-order valence-corrected chi connectivity index (χ2v) is 4.19. The molecule has 0 spiro atoms. The van der Waals surface area contributed by atoms with Crippen molar-refractivity contribution in [3.05, 3.63) is 52.1 Å². The van der Waals surface area contributed by atoms with Gasteiger partial charge >= 0.3 is 5.97 Å². The molecule has 1 aromatic heterocycles. The van der Waals surface area contributed by atoms with Crippen LogP contribution in [0.5, 0.6) is 0 Å². The number of rotatable bonds is 2. The first-order valence-electron chi connectivity index (χ1n) is 4.73. The highest BCUT2D eigenvalue weighted by Crippen LogP contribution is 2.24. The monoisotopic (exact) mass is 267 g/mol. The summed E-state index contributed by atoms with van der Waals surface area (Å²) in [6, 6.07) is 10.2. The third-order valence-electron chi connectivity index (χ3n) is 2.17. The van der Waals surface area contributed by atoms with Crippen LogP contribution in [0.2, 0.25) is 10.0 Å². The average Bonchev–Trinajstić information content (AvgIpc) is 2.29. The third-order valence-corrected chi connectivity index (χ3v) is 2.71. The second kappa shape index (κ2) is 4.73. The molecule has 1 heterocycles. The lowest BCUT2D eigenvalue weighted by molar-refractivity contribution is 0.0691. The van der Waals surface area contributed by atoms with Crippen molar-refractivity contribution in [3.63, 3.8) is 0 Å². The minimum Gasteiger partial charge on any atom is -0.476 e. The van der Waals surface area contributed by atoms with E-state index in [0.29, 0.717) is 10.7 Å². The van der Waals surface area contributed by atoms with Gasteiger partial charge in [-0.1, -0.05) is 35.3 Å². The maximum Gasteiger partial charge on any atom is 0.356 e. The molecule has 2 rings (SSSR count). The van der Waals surface area contributed by atoms with Gasteiger partial charge in [0, 0.05) is 10.6 Å². The van der Waals surface area contributed by atoms with Gasteiger partial charge in [0.2, 0.25) is 0 Å². The summed E-state index contributed by atoms with van der Waals surface area (Å²) in [6.07, 6.45) is 0. The maximum absolute atomic E-state index is 10.9. The van der Waals surface area contributed by atoms with Gasteiger partial charge in [0.1, 0.15) is 0 Å². The lowest BCUT2D eigenvalue weighted by atomic mass is 10.1. The first kappa shape index (κ1) is 11.9. The third kappa shape index (κ3) is 2.57. The van der Waals surface area contributed by atoms with Crippen molar-refractivity contribution in [3.8, 4) is 11.3 Å². The van der Waals surface area contributed by atoms with Crippen LogP contribution < -0.4 is 0 Å². The Kier molecular flexibility index (Phi) is 3.31. The molecule has 86 valence electrons. The normalized spacial score (nSPS) is 10.2. The fourth-order valence-corrected chi connectivity index (χ4v) is 1.78. The Morgan fingerprint density at radius 2 is 1.94 bits per heavy atom. The van der Waals surface area contributed by atoms with E-state index >= 15 is 0 Å². The molecule has 5 heteroatoms. The molecule has 1 aromatic carbocycles. The maximum atomic E-state index is 10.9. The van der Waals surface area contributed by atoms with Crippen molar-refractivity contribution in [1.82, 2.24) is 4.98 Å². The van der Waals surface area contributed by atoms with Gasteiger partial charge in [0.25, 0.3) is 0 Å². The minimum absolute atomic E-state index is 0.114. The Balaban J connectivity index is 2.54. The van der Waals surface area contributed by atoms with Crippen LogP contribution in [-0.2, 0) is 0 Å². The molecule has 0 saturated heterocycles. The number of pyridine rings is 1. The quantitative estimate of drug-likeness (QED) is 0.902. The van der Waals surface area contributed by atoms with E-state index in [1.807, 2.05) is 0 Å². The molecule has 0 atom stereocenters. The summed E-state index contributed by atoms with van der Waals surface area (Å²) in [6.45, 7) is 0. The summed E-state index contributed by atoms with van der Waals surface area (Å²) in [5.41, 5.74) is 1.11. The topological polar surface area (TPSA) is 50.2 Å². The van der Waals surface area contributed by atoms with Crippen molar-refractivity contribution < 1.29 is 9.90 Å². The van der Waals surface area contributed by atoms with Crippen LogP contribution in [0.1, 0.15) is 10.5 Å². The van der Waals surface area contributed by atoms with Gasteiger partial charge in [-0.2, -0.15) is 0 Å². The Labute approximate surface area is 108 Å². The predicted molar refractivity (Wildman–Crippen MR) is 66.7 cm³/mol. The van der Waals surface area contributed by atoms with Gasteiger partial charge in [-0.05, 0) is 24.3 Å². The van der Waals surface area contributed by atoms with E-state index in [-0.39, 0.29) is 10.7 Å². The summed E-state index contributed by atoms with van der Waals surface area (Å²) in [4.78, 5) is 14.9. The van der Waals surface area contributed by atoms with Gasteiger partial charge < -0.3 is 5.11 Å². The largest absolute Gasteiger partial charge is 0.476 e. The lowest BCUT2D eigenvalue weighted by Gasteiger charge is -2.04.